The van der Waals surface area contributed by atoms with Crippen LogP contribution < -0.4 is 5.32 Å². The van der Waals surface area contributed by atoms with E-state index in [1.165, 1.54) is 0 Å². The van der Waals surface area contributed by atoms with Gasteiger partial charge in [0.2, 0.25) is 0 Å². The third-order valence-corrected chi connectivity index (χ3v) is 2.90. The number of aromatic amines is 1. The van der Waals surface area contributed by atoms with E-state index in [-0.39, 0.29) is 12.4 Å². The first-order valence-electron chi connectivity index (χ1n) is 5.73. The van der Waals surface area contributed by atoms with Crippen LogP contribution in [0.25, 0.3) is 0 Å². The highest BCUT2D eigenvalue weighted by Gasteiger charge is 2.25. The molecule has 0 amide bonds. The zero-order valence-corrected chi connectivity index (χ0v) is 10.6. The van der Waals surface area contributed by atoms with Crippen molar-refractivity contribution in [2.24, 2.45) is 0 Å². The van der Waals surface area contributed by atoms with Gasteiger partial charge in [0.1, 0.15) is 11.9 Å². The summed E-state index contributed by atoms with van der Waals surface area (Å²) in [5.41, 5.74) is 1.96. The molecule has 6 heteroatoms. The number of aryl methyl sites for hydroxylation is 1. The van der Waals surface area contributed by atoms with Crippen LogP contribution in [0.4, 0.5) is 0 Å². The average Bonchev–Trinajstić information content (AvgIpc) is 2.67. The number of aromatic nitrogens is 2. The van der Waals surface area contributed by atoms with Gasteiger partial charge in [0.25, 0.3) is 0 Å². The number of nitrogens with zero attached hydrogens (tertiary/aromatic N) is 1. The van der Waals surface area contributed by atoms with Crippen molar-refractivity contribution >= 4 is 18.4 Å². The highest BCUT2D eigenvalue weighted by Crippen LogP contribution is 2.15. The molecular formula is C11H18ClN3O2. The second-order valence-electron chi connectivity index (χ2n) is 4.19. The van der Waals surface area contributed by atoms with Crippen molar-refractivity contribution in [1.82, 2.24) is 15.3 Å². The largest absolute Gasteiger partial charge is 0.480 e. The highest BCUT2D eigenvalue weighted by molar-refractivity contribution is 5.85. The number of imidazole rings is 1. The Hall–Kier alpha value is -1.07. The van der Waals surface area contributed by atoms with Gasteiger partial charge < -0.3 is 10.1 Å². The summed E-state index contributed by atoms with van der Waals surface area (Å²) < 4.78 is 0. The third-order valence-electron chi connectivity index (χ3n) is 2.90. The van der Waals surface area contributed by atoms with E-state index in [1.54, 1.807) is 0 Å². The lowest BCUT2D eigenvalue weighted by atomic mass is 10.1. The van der Waals surface area contributed by atoms with Crippen molar-refractivity contribution in [1.29, 1.82) is 0 Å². The lowest BCUT2D eigenvalue weighted by Crippen LogP contribution is -2.41. The van der Waals surface area contributed by atoms with Crippen LogP contribution in [0.1, 0.15) is 37.0 Å². The molecule has 0 aliphatic carbocycles. The minimum atomic E-state index is -0.796. The monoisotopic (exact) mass is 259 g/mol. The van der Waals surface area contributed by atoms with Crippen molar-refractivity contribution in [3.05, 3.63) is 17.2 Å². The zero-order valence-electron chi connectivity index (χ0n) is 9.82. The van der Waals surface area contributed by atoms with Crippen molar-refractivity contribution in [3.8, 4) is 0 Å². The van der Waals surface area contributed by atoms with Crippen LogP contribution in [0.5, 0.6) is 0 Å². The number of nitrogens with one attached hydrogen (secondary N) is 2. The first kappa shape index (κ1) is 14.0. The summed E-state index contributed by atoms with van der Waals surface area (Å²) in [6.07, 6.45) is 3.70. The van der Waals surface area contributed by atoms with Gasteiger partial charge in [0.05, 0.1) is 5.69 Å². The molecule has 1 atom stereocenters. The SMILES string of the molecule is CCCCc1nc2c([nH]1)C[C@@H](C(=O)O)NC2.Cl. The molecule has 0 spiro atoms. The number of aliphatic carboxylic acids is 1. The molecule has 0 unspecified atom stereocenters. The number of H-pyrrole nitrogens is 1. The lowest BCUT2D eigenvalue weighted by Gasteiger charge is -2.18. The fourth-order valence-corrected chi connectivity index (χ4v) is 1.95. The van der Waals surface area contributed by atoms with Crippen LogP contribution in [0.3, 0.4) is 0 Å². The maximum atomic E-state index is 10.8. The fourth-order valence-electron chi connectivity index (χ4n) is 1.95. The molecule has 0 fully saturated rings. The first-order valence-corrected chi connectivity index (χ1v) is 5.73. The van der Waals surface area contributed by atoms with Crippen molar-refractivity contribution in [3.63, 3.8) is 0 Å². The summed E-state index contributed by atoms with van der Waals surface area (Å²) in [7, 11) is 0. The molecule has 0 radical (unpaired) electrons. The Kier molecular flexibility index (Phi) is 4.96. The average molecular weight is 260 g/mol. The second kappa shape index (κ2) is 6.02. The summed E-state index contributed by atoms with van der Waals surface area (Å²) in [6, 6.07) is -0.480. The minimum Gasteiger partial charge on any atom is -0.480 e. The maximum absolute atomic E-state index is 10.8. The van der Waals surface area contributed by atoms with Gasteiger partial charge in [-0.1, -0.05) is 13.3 Å². The Morgan fingerprint density at radius 3 is 3.00 bits per heavy atom. The van der Waals surface area contributed by atoms with Crippen LogP contribution in [0.2, 0.25) is 0 Å². The summed E-state index contributed by atoms with van der Waals surface area (Å²) in [4.78, 5) is 18.6. The molecule has 0 saturated carbocycles. The number of halogens is 1. The molecule has 1 aliphatic rings. The zero-order chi connectivity index (χ0) is 11.5. The van der Waals surface area contributed by atoms with Crippen molar-refractivity contribution < 1.29 is 9.90 Å². The lowest BCUT2D eigenvalue weighted by molar-refractivity contribution is -0.139. The molecule has 1 aromatic heterocycles. The maximum Gasteiger partial charge on any atom is 0.321 e. The van der Waals surface area contributed by atoms with Gasteiger partial charge in [-0.05, 0) is 6.42 Å². The number of unbranched alkanes of at least 4 members (excludes halogenated alkanes) is 1. The Balaban J connectivity index is 0.00000144. The minimum absolute atomic E-state index is 0. The van der Waals surface area contributed by atoms with Gasteiger partial charge >= 0.3 is 5.97 Å². The van der Waals surface area contributed by atoms with Gasteiger partial charge in [-0.3, -0.25) is 10.1 Å². The van der Waals surface area contributed by atoms with E-state index in [1.807, 2.05) is 0 Å². The number of carboxylic acids is 1. The fraction of sp³-hybridized carbons (Fsp3) is 0.636. The summed E-state index contributed by atoms with van der Waals surface area (Å²) in [6.45, 7) is 2.69. The van der Waals surface area contributed by atoms with E-state index in [0.717, 1.165) is 36.5 Å². The summed E-state index contributed by atoms with van der Waals surface area (Å²) >= 11 is 0. The van der Waals surface area contributed by atoms with Crippen LogP contribution in [0, 0.1) is 0 Å². The molecule has 0 aromatic carbocycles. The number of hydrogen-bond acceptors (Lipinski definition) is 3. The summed E-state index contributed by atoms with van der Waals surface area (Å²) in [5.74, 6) is 0.190. The molecule has 1 aromatic rings. The van der Waals surface area contributed by atoms with Crippen LogP contribution in [-0.4, -0.2) is 27.1 Å². The van der Waals surface area contributed by atoms with E-state index in [2.05, 4.69) is 22.2 Å². The standard InChI is InChI=1S/C11H17N3O2.ClH/c1-2-3-4-10-13-7-5-8(11(15)16)12-6-9(7)14-10;/h8,12H,2-6H2,1H3,(H,13,14)(H,15,16);1H/t8-;/m0./s1. The molecule has 2 rings (SSSR count). The molecule has 0 bridgehead atoms. The van der Waals surface area contributed by atoms with Crippen molar-refractivity contribution in [2.75, 3.05) is 0 Å². The molecule has 5 nitrogen and oxygen atoms in total. The van der Waals surface area contributed by atoms with E-state index in [4.69, 9.17) is 5.11 Å². The van der Waals surface area contributed by atoms with Crippen LogP contribution in [0.15, 0.2) is 0 Å². The highest BCUT2D eigenvalue weighted by atomic mass is 35.5. The third kappa shape index (κ3) is 3.20. The number of rotatable bonds is 4. The molecular weight excluding hydrogens is 242 g/mol. The topological polar surface area (TPSA) is 78.0 Å². The summed E-state index contributed by atoms with van der Waals surface area (Å²) in [5, 5.41) is 11.9. The molecule has 96 valence electrons. The quantitative estimate of drug-likeness (QED) is 0.761. The van der Waals surface area contributed by atoms with E-state index in [9.17, 15) is 4.79 Å². The van der Waals surface area contributed by atoms with Gasteiger partial charge in [-0.15, -0.1) is 12.4 Å². The van der Waals surface area contributed by atoms with Crippen LogP contribution in [-0.2, 0) is 24.2 Å². The van der Waals surface area contributed by atoms with E-state index in [0.29, 0.717) is 13.0 Å². The molecule has 3 N–H and O–H groups in total. The van der Waals surface area contributed by atoms with E-state index >= 15 is 0 Å². The first-order chi connectivity index (χ1) is 7.70. The van der Waals surface area contributed by atoms with Crippen LogP contribution >= 0.6 is 12.4 Å². The Labute approximate surface area is 106 Å². The van der Waals surface area contributed by atoms with Gasteiger partial charge in [0, 0.05) is 25.1 Å². The molecule has 0 saturated heterocycles. The number of carbonyl (C=O) groups is 1. The predicted octanol–water partition coefficient (Wildman–Crippen LogP) is 1.27. The Morgan fingerprint density at radius 1 is 1.59 bits per heavy atom. The number of hydrogen-bond donors (Lipinski definition) is 3. The van der Waals surface area contributed by atoms with Gasteiger partial charge in [0.15, 0.2) is 0 Å². The predicted molar refractivity (Wildman–Crippen MR) is 66.4 cm³/mol. The normalized spacial score (nSPS) is 18.3. The number of fused-ring (bicyclic) bond motifs is 1. The van der Waals surface area contributed by atoms with E-state index < -0.39 is 12.0 Å². The van der Waals surface area contributed by atoms with Crippen molar-refractivity contribution in [2.45, 2.75) is 45.2 Å². The van der Waals surface area contributed by atoms with Gasteiger partial charge in [-0.25, -0.2) is 4.98 Å². The second-order valence-corrected chi connectivity index (χ2v) is 4.19. The Morgan fingerprint density at radius 2 is 2.35 bits per heavy atom. The van der Waals surface area contributed by atoms with Gasteiger partial charge in [-0.2, -0.15) is 0 Å². The molecule has 17 heavy (non-hydrogen) atoms. The Bertz CT molecular complexity index is 392. The molecule has 2 heterocycles. The molecule has 1 aliphatic heterocycles. The smallest absolute Gasteiger partial charge is 0.321 e. The number of carboxylic acid groups (broad SMARTS) is 1.